The summed E-state index contributed by atoms with van der Waals surface area (Å²) in [6, 6.07) is 0. The molecule has 0 aliphatic heterocycles. The molecule has 0 spiro atoms. The predicted octanol–water partition coefficient (Wildman–Crippen LogP) is 5.26. The van der Waals surface area contributed by atoms with Crippen molar-refractivity contribution in [3.05, 3.63) is 23.3 Å². The Morgan fingerprint density at radius 2 is 1.95 bits per heavy atom. The first kappa shape index (κ1) is 15.0. The van der Waals surface area contributed by atoms with Crippen LogP contribution in [0.15, 0.2) is 23.3 Å². The monoisotopic (exact) mass is 300 g/mol. The lowest BCUT2D eigenvalue weighted by atomic mass is 9.49. The van der Waals surface area contributed by atoms with Gasteiger partial charge in [-0.1, -0.05) is 37.1 Å². The van der Waals surface area contributed by atoms with E-state index in [1.165, 1.54) is 38.5 Å². The Kier molecular flexibility index (Phi) is 3.39. The number of hydrogen-bond donors (Lipinski definition) is 1. The second kappa shape index (κ2) is 4.97. The summed E-state index contributed by atoms with van der Waals surface area (Å²) < 4.78 is 0. The van der Waals surface area contributed by atoms with E-state index in [2.05, 4.69) is 32.9 Å². The minimum absolute atomic E-state index is 0.0369. The number of fused-ring (bicyclic) bond motifs is 5. The normalized spacial score (nSPS) is 52.7. The van der Waals surface area contributed by atoms with Crippen molar-refractivity contribution >= 4 is 0 Å². The smallest absolute Gasteiger partial charge is 0.0543 e. The topological polar surface area (TPSA) is 20.2 Å². The molecule has 4 aliphatic rings. The molecule has 0 aromatic carbocycles. The SMILES string of the molecule is C/C=C1/CCC2C3CCC4C[C@H](O)CC[C@]4(C)C3=CC[C@]12C. The first-order valence-electron chi connectivity index (χ1n) is 9.53. The van der Waals surface area contributed by atoms with Crippen molar-refractivity contribution in [1.29, 1.82) is 0 Å². The molecule has 0 aromatic heterocycles. The highest BCUT2D eigenvalue weighted by molar-refractivity contribution is 5.34. The summed E-state index contributed by atoms with van der Waals surface area (Å²) in [5.41, 5.74) is 4.36. The first-order valence-corrected chi connectivity index (χ1v) is 9.53. The van der Waals surface area contributed by atoms with Gasteiger partial charge in [0.2, 0.25) is 0 Å². The molecule has 1 N–H and O–H groups in total. The molecule has 1 heteroatoms. The maximum absolute atomic E-state index is 10.1. The average Bonchev–Trinajstić information content (AvgIpc) is 2.84. The van der Waals surface area contributed by atoms with Crippen LogP contribution < -0.4 is 0 Å². The van der Waals surface area contributed by atoms with Crippen LogP contribution in [-0.4, -0.2) is 11.2 Å². The molecular formula is C21H32O. The Hall–Kier alpha value is -0.560. The van der Waals surface area contributed by atoms with Crippen LogP contribution in [0, 0.1) is 28.6 Å². The zero-order valence-electron chi connectivity index (χ0n) is 14.6. The van der Waals surface area contributed by atoms with Crippen molar-refractivity contribution in [2.75, 3.05) is 0 Å². The lowest BCUT2D eigenvalue weighted by molar-refractivity contribution is -0.00472. The molecule has 0 aromatic rings. The summed E-state index contributed by atoms with van der Waals surface area (Å²) in [6.07, 6.45) is 15.0. The zero-order valence-corrected chi connectivity index (χ0v) is 14.6. The Morgan fingerprint density at radius 1 is 1.14 bits per heavy atom. The number of allylic oxidation sites excluding steroid dienone is 4. The van der Waals surface area contributed by atoms with Gasteiger partial charge in [-0.15, -0.1) is 0 Å². The molecule has 0 bridgehead atoms. The minimum atomic E-state index is -0.0369. The van der Waals surface area contributed by atoms with Crippen LogP contribution in [0.25, 0.3) is 0 Å². The quantitative estimate of drug-likeness (QED) is 0.605. The maximum Gasteiger partial charge on any atom is 0.0543 e. The second-order valence-corrected chi connectivity index (χ2v) is 8.97. The van der Waals surface area contributed by atoms with Crippen molar-refractivity contribution in [3.63, 3.8) is 0 Å². The number of aliphatic hydroxyl groups excluding tert-OH is 1. The molecule has 3 fully saturated rings. The summed E-state index contributed by atoms with van der Waals surface area (Å²) >= 11 is 0. The molecule has 22 heavy (non-hydrogen) atoms. The van der Waals surface area contributed by atoms with E-state index in [0.29, 0.717) is 10.8 Å². The van der Waals surface area contributed by atoms with Gasteiger partial charge in [-0.25, -0.2) is 0 Å². The van der Waals surface area contributed by atoms with Crippen LogP contribution in [0.1, 0.15) is 72.1 Å². The van der Waals surface area contributed by atoms with Crippen LogP contribution in [0.4, 0.5) is 0 Å². The summed E-state index contributed by atoms with van der Waals surface area (Å²) in [6.45, 7) is 7.30. The lowest BCUT2D eigenvalue weighted by Gasteiger charge is -2.56. The van der Waals surface area contributed by atoms with E-state index in [0.717, 1.165) is 30.6 Å². The third-order valence-electron chi connectivity index (χ3n) is 8.20. The molecule has 0 radical (unpaired) electrons. The Labute approximate surface area is 135 Å². The highest BCUT2D eigenvalue weighted by Gasteiger charge is 2.55. The summed E-state index contributed by atoms with van der Waals surface area (Å²) in [4.78, 5) is 0. The first-order chi connectivity index (χ1) is 10.5. The van der Waals surface area contributed by atoms with Crippen LogP contribution in [0.3, 0.4) is 0 Å². The van der Waals surface area contributed by atoms with Crippen LogP contribution in [0.2, 0.25) is 0 Å². The minimum Gasteiger partial charge on any atom is -0.393 e. The summed E-state index contributed by atoms with van der Waals surface area (Å²) in [5, 5.41) is 10.1. The molecule has 0 amide bonds. The van der Waals surface area contributed by atoms with Crippen molar-refractivity contribution in [3.8, 4) is 0 Å². The van der Waals surface area contributed by atoms with E-state index >= 15 is 0 Å². The fraction of sp³-hybridized carbons (Fsp3) is 0.810. The van der Waals surface area contributed by atoms with Crippen molar-refractivity contribution in [2.24, 2.45) is 28.6 Å². The van der Waals surface area contributed by atoms with E-state index in [4.69, 9.17) is 0 Å². The summed E-state index contributed by atoms with van der Waals surface area (Å²) in [5.74, 6) is 2.43. The van der Waals surface area contributed by atoms with Gasteiger partial charge < -0.3 is 5.11 Å². The highest BCUT2D eigenvalue weighted by Crippen LogP contribution is 2.65. The van der Waals surface area contributed by atoms with Gasteiger partial charge in [0.05, 0.1) is 6.10 Å². The van der Waals surface area contributed by atoms with Crippen LogP contribution in [-0.2, 0) is 0 Å². The van der Waals surface area contributed by atoms with E-state index in [1.807, 2.05) is 0 Å². The number of aliphatic hydroxyl groups is 1. The third-order valence-corrected chi connectivity index (χ3v) is 8.20. The molecule has 122 valence electrons. The molecule has 4 rings (SSSR count). The third kappa shape index (κ3) is 1.87. The molecule has 0 heterocycles. The van der Waals surface area contributed by atoms with Crippen LogP contribution in [0.5, 0.6) is 0 Å². The molecule has 6 atom stereocenters. The fourth-order valence-corrected chi connectivity index (χ4v) is 6.83. The van der Waals surface area contributed by atoms with Gasteiger partial charge in [0.1, 0.15) is 0 Å². The van der Waals surface area contributed by atoms with Gasteiger partial charge in [-0.2, -0.15) is 0 Å². The van der Waals surface area contributed by atoms with Gasteiger partial charge >= 0.3 is 0 Å². The molecule has 3 unspecified atom stereocenters. The molecule has 3 saturated carbocycles. The molecule has 4 aliphatic carbocycles. The van der Waals surface area contributed by atoms with Crippen molar-refractivity contribution in [2.45, 2.75) is 78.2 Å². The highest BCUT2D eigenvalue weighted by atomic mass is 16.3. The van der Waals surface area contributed by atoms with E-state index < -0.39 is 0 Å². The van der Waals surface area contributed by atoms with E-state index in [1.54, 1.807) is 11.1 Å². The van der Waals surface area contributed by atoms with Gasteiger partial charge in [0.15, 0.2) is 0 Å². The van der Waals surface area contributed by atoms with E-state index in [-0.39, 0.29) is 6.10 Å². The lowest BCUT2D eigenvalue weighted by Crippen LogP contribution is -2.47. The molecule has 0 saturated heterocycles. The van der Waals surface area contributed by atoms with Gasteiger partial charge in [0.25, 0.3) is 0 Å². The number of rotatable bonds is 0. The Bertz CT molecular complexity index is 530. The van der Waals surface area contributed by atoms with E-state index in [9.17, 15) is 5.11 Å². The van der Waals surface area contributed by atoms with Crippen molar-refractivity contribution < 1.29 is 5.11 Å². The fourth-order valence-electron chi connectivity index (χ4n) is 6.83. The standard InChI is InChI=1S/C21H32O/c1-4-14-6-8-18-17-7-5-15-13-16(22)9-11-21(15,3)19(17)10-12-20(14,18)2/h4,10,15-18,22H,5-9,11-13H2,1-3H3/b14-4-/t15?,16-,17?,18?,20-,21+/m1/s1. The maximum atomic E-state index is 10.1. The summed E-state index contributed by atoms with van der Waals surface area (Å²) in [7, 11) is 0. The Balaban J connectivity index is 1.71. The predicted molar refractivity (Wildman–Crippen MR) is 91.5 cm³/mol. The molecular weight excluding hydrogens is 268 g/mol. The van der Waals surface area contributed by atoms with Crippen LogP contribution >= 0.6 is 0 Å². The van der Waals surface area contributed by atoms with Gasteiger partial charge in [0, 0.05) is 0 Å². The van der Waals surface area contributed by atoms with Gasteiger partial charge in [-0.3, -0.25) is 0 Å². The van der Waals surface area contributed by atoms with Gasteiger partial charge in [-0.05, 0) is 86.9 Å². The molecule has 1 nitrogen and oxygen atoms in total. The average molecular weight is 300 g/mol. The second-order valence-electron chi connectivity index (χ2n) is 8.97. The number of hydrogen-bond acceptors (Lipinski definition) is 1. The zero-order chi connectivity index (χ0) is 15.5. The Morgan fingerprint density at radius 3 is 2.73 bits per heavy atom. The van der Waals surface area contributed by atoms with Crippen molar-refractivity contribution in [1.82, 2.24) is 0 Å². The largest absolute Gasteiger partial charge is 0.393 e.